The van der Waals surface area contributed by atoms with Crippen LogP contribution in [0.2, 0.25) is 0 Å². The minimum Gasteiger partial charge on any atom is -0.491 e. The van der Waals surface area contributed by atoms with Gasteiger partial charge in [-0.3, -0.25) is 4.79 Å². The second kappa shape index (κ2) is 5.81. The fraction of sp³-hybridized carbons (Fsp3) is 0.429. The van der Waals surface area contributed by atoms with E-state index in [2.05, 4.69) is 5.32 Å². The van der Waals surface area contributed by atoms with Crippen LogP contribution in [0.15, 0.2) is 24.3 Å². The Morgan fingerprint density at radius 3 is 2.80 bits per heavy atom. The molecular formula is C14H18N2O4. The van der Waals surface area contributed by atoms with Crippen molar-refractivity contribution in [2.24, 2.45) is 0 Å². The summed E-state index contributed by atoms with van der Waals surface area (Å²) in [6, 6.07) is 6.66. The van der Waals surface area contributed by atoms with E-state index in [-0.39, 0.29) is 18.6 Å². The molecule has 1 atom stereocenters. The summed E-state index contributed by atoms with van der Waals surface area (Å²) in [6.45, 7) is 3.60. The van der Waals surface area contributed by atoms with Crippen LogP contribution in [0.4, 0.5) is 4.79 Å². The molecule has 0 saturated carbocycles. The lowest BCUT2D eigenvalue weighted by Gasteiger charge is -2.26. The average Bonchev–Trinajstić information content (AvgIpc) is 2.79. The standard InChI is InChI=1S/C14H18N2O4/c1-9(2)16(7-13(17)18)14(19)15-11-8-20-12-6-4-3-5-10(11)12/h3-6,9,11H,7-8H2,1-2H3,(H,15,19)(H,17,18). The van der Waals surface area contributed by atoms with Crippen molar-refractivity contribution in [2.45, 2.75) is 25.9 Å². The molecule has 0 saturated heterocycles. The highest BCUT2D eigenvalue weighted by molar-refractivity contribution is 5.80. The molecule has 0 aliphatic carbocycles. The van der Waals surface area contributed by atoms with Gasteiger partial charge in [0.15, 0.2) is 0 Å². The summed E-state index contributed by atoms with van der Waals surface area (Å²) in [7, 11) is 0. The molecule has 1 aromatic carbocycles. The first kappa shape index (κ1) is 14.2. The second-order valence-corrected chi connectivity index (χ2v) is 4.97. The fourth-order valence-corrected chi connectivity index (χ4v) is 2.15. The summed E-state index contributed by atoms with van der Waals surface area (Å²) in [5.41, 5.74) is 0.917. The van der Waals surface area contributed by atoms with Crippen molar-refractivity contribution in [3.05, 3.63) is 29.8 Å². The molecule has 0 radical (unpaired) electrons. The smallest absolute Gasteiger partial charge is 0.323 e. The predicted octanol–water partition coefficient (Wildman–Crippen LogP) is 1.62. The van der Waals surface area contributed by atoms with Gasteiger partial charge in [0.05, 0.1) is 6.04 Å². The van der Waals surface area contributed by atoms with E-state index in [0.717, 1.165) is 11.3 Å². The van der Waals surface area contributed by atoms with Crippen LogP contribution in [0.25, 0.3) is 0 Å². The van der Waals surface area contributed by atoms with Crippen molar-refractivity contribution in [3.8, 4) is 5.75 Å². The lowest BCUT2D eigenvalue weighted by molar-refractivity contribution is -0.138. The number of nitrogens with zero attached hydrogens (tertiary/aromatic N) is 1. The largest absolute Gasteiger partial charge is 0.491 e. The van der Waals surface area contributed by atoms with E-state index < -0.39 is 12.0 Å². The van der Waals surface area contributed by atoms with Crippen molar-refractivity contribution in [3.63, 3.8) is 0 Å². The zero-order valence-corrected chi connectivity index (χ0v) is 11.5. The summed E-state index contributed by atoms with van der Waals surface area (Å²) >= 11 is 0. The minimum absolute atomic E-state index is 0.191. The van der Waals surface area contributed by atoms with Gasteiger partial charge in [-0.1, -0.05) is 18.2 Å². The number of fused-ring (bicyclic) bond motifs is 1. The van der Waals surface area contributed by atoms with Gasteiger partial charge < -0.3 is 20.1 Å². The van der Waals surface area contributed by atoms with Gasteiger partial charge in [0.2, 0.25) is 0 Å². The number of para-hydroxylation sites is 1. The van der Waals surface area contributed by atoms with Gasteiger partial charge in [-0.2, -0.15) is 0 Å². The van der Waals surface area contributed by atoms with Gasteiger partial charge in [0, 0.05) is 11.6 Å². The van der Waals surface area contributed by atoms with Crippen LogP contribution in [-0.2, 0) is 4.79 Å². The number of urea groups is 1. The quantitative estimate of drug-likeness (QED) is 0.877. The normalized spacial score (nSPS) is 16.4. The third-order valence-electron chi connectivity index (χ3n) is 3.19. The van der Waals surface area contributed by atoms with Gasteiger partial charge in [-0.15, -0.1) is 0 Å². The molecule has 1 aromatic rings. The lowest BCUT2D eigenvalue weighted by atomic mass is 10.1. The number of ether oxygens (including phenoxy) is 1. The Morgan fingerprint density at radius 1 is 1.45 bits per heavy atom. The van der Waals surface area contributed by atoms with E-state index in [9.17, 15) is 9.59 Å². The maximum absolute atomic E-state index is 12.2. The fourth-order valence-electron chi connectivity index (χ4n) is 2.15. The molecule has 6 nitrogen and oxygen atoms in total. The zero-order valence-electron chi connectivity index (χ0n) is 11.5. The number of carbonyl (C=O) groups excluding carboxylic acids is 1. The third-order valence-corrected chi connectivity index (χ3v) is 3.19. The average molecular weight is 278 g/mol. The van der Waals surface area contributed by atoms with Crippen LogP contribution >= 0.6 is 0 Å². The molecule has 1 heterocycles. The molecule has 1 aliphatic rings. The van der Waals surface area contributed by atoms with Crippen LogP contribution < -0.4 is 10.1 Å². The first-order chi connectivity index (χ1) is 9.49. The SMILES string of the molecule is CC(C)N(CC(=O)O)C(=O)NC1COc2ccccc21. The van der Waals surface area contributed by atoms with Crippen LogP contribution in [0.1, 0.15) is 25.5 Å². The lowest BCUT2D eigenvalue weighted by Crippen LogP contribution is -2.47. The Hall–Kier alpha value is -2.24. The third kappa shape index (κ3) is 3.01. The summed E-state index contributed by atoms with van der Waals surface area (Å²) in [5.74, 6) is -0.274. The van der Waals surface area contributed by atoms with Crippen molar-refractivity contribution >= 4 is 12.0 Å². The topological polar surface area (TPSA) is 78.9 Å². The van der Waals surface area contributed by atoms with E-state index in [4.69, 9.17) is 9.84 Å². The maximum atomic E-state index is 12.2. The van der Waals surface area contributed by atoms with Crippen LogP contribution in [0, 0.1) is 0 Å². The Bertz CT molecular complexity index is 516. The van der Waals surface area contributed by atoms with Crippen LogP contribution in [0.3, 0.4) is 0 Å². The highest BCUT2D eigenvalue weighted by atomic mass is 16.5. The second-order valence-electron chi connectivity index (χ2n) is 4.97. The number of hydrogen-bond donors (Lipinski definition) is 2. The number of aliphatic carboxylic acids is 1. The van der Waals surface area contributed by atoms with E-state index in [0.29, 0.717) is 6.61 Å². The molecule has 2 rings (SSSR count). The van der Waals surface area contributed by atoms with Gasteiger partial charge in [0.1, 0.15) is 18.9 Å². The minimum atomic E-state index is -1.03. The molecule has 6 heteroatoms. The molecule has 108 valence electrons. The van der Waals surface area contributed by atoms with Crippen molar-refractivity contribution in [2.75, 3.05) is 13.2 Å². The molecule has 0 fully saturated rings. The molecule has 2 amide bonds. The Labute approximate surface area is 117 Å². The molecule has 2 N–H and O–H groups in total. The first-order valence-electron chi connectivity index (χ1n) is 6.49. The summed E-state index contributed by atoms with van der Waals surface area (Å²) < 4.78 is 5.48. The Kier molecular flexibility index (Phi) is 4.12. The molecule has 0 bridgehead atoms. The zero-order chi connectivity index (χ0) is 14.7. The van der Waals surface area contributed by atoms with Gasteiger partial charge >= 0.3 is 12.0 Å². The number of benzene rings is 1. The number of nitrogens with one attached hydrogen (secondary N) is 1. The first-order valence-corrected chi connectivity index (χ1v) is 6.49. The van der Waals surface area contributed by atoms with Crippen LogP contribution in [0.5, 0.6) is 5.75 Å². The van der Waals surface area contributed by atoms with E-state index in [1.165, 1.54) is 4.90 Å². The highest BCUT2D eigenvalue weighted by Crippen LogP contribution is 2.31. The molecule has 1 unspecified atom stereocenters. The highest BCUT2D eigenvalue weighted by Gasteiger charge is 2.28. The number of carboxylic acids is 1. The number of carboxylic acid groups (broad SMARTS) is 1. The molecule has 1 aliphatic heterocycles. The summed E-state index contributed by atoms with van der Waals surface area (Å²) in [6.07, 6.45) is 0. The number of rotatable bonds is 4. The van der Waals surface area contributed by atoms with Gasteiger partial charge in [-0.25, -0.2) is 4.79 Å². The summed E-state index contributed by atoms with van der Waals surface area (Å²) in [5, 5.41) is 11.7. The van der Waals surface area contributed by atoms with E-state index in [1.807, 2.05) is 24.3 Å². The molecule has 0 aromatic heterocycles. The molecular weight excluding hydrogens is 260 g/mol. The Balaban J connectivity index is 2.06. The van der Waals surface area contributed by atoms with E-state index in [1.54, 1.807) is 13.8 Å². The van der Waals surface area contributed by atoms with Gasteiger partial charge in [0.25, 0.3) is 0 Å². The molecule has 0 spiro atoms. The number of carbonyl (C=O) groups is 2. The van der Waals surface area contributed by atoms with Crippen molar-refractivity contribution in [1.29, 1.82) is 0 Å². The van der Waals surface area contributed by atoms with Crippen molar-refractivity contribution in [1.82, 2.24) is 10.2 Å². The summed E-state index contributed by atoms with van der Waals surface area (Å²) in [4.78, 5) is 24.3. The predicted molar refractivity (Wildman–Crippen MR) is 72.7 cm³/mol. The van der Waals surface area contributed by atoms with Crippen molar-refractivity contribution < 1.29 is 19.4 Å². The van der Waals surface area contributed by atoms with E-state index >= 15 is 0 Å². The number of amides is 2. The van der Waals surface area contributed by atoms with Crippen LogP contribution in [-0.4, -0.2) is 41.2 Å². The molecule has 20 heavy (non-hydrogen) atoms. The Morgan fingerprint density at radius 2 is 2.15 bits per heavy atom. The van der Waals surface area contributed by atoms with Gasteiger partial charge in [-0.05, 0) is 19.9 Å². The maximum Gasteiger partial charge on any atom is 0.323 e. The number of hydrogen-bond acceptors (Lipinski definition) is 3. The monoisotopic (exact) mass is 278 g/mol.